The highest BCUT2D eigenvalue weighted by Crippen LogP contribution is 2.24. The topological polar surface area (TPSA) is 67.9 Å². The van der Waals surface area contributed by atoms with Crippen molar-refractivity contribution in [3.63, 3.8) is 0 Å². The van der Waals surface area contributed by atoms with Gasteiger partial charge >= 0.3 is 5.97 Å². The zero-order valence-electron chi connectivity index (χ0n) is 12.5. The summed E-state index contributed by atoms with van der Waals surface area (Å²) in [5.41, 5.74) is 2.49. The van der Waals surface area contributed by atoms with Crippen molar-refractivity contribution in [1.82, 2.24) is 15.0 Å². The third kappa shape index (κ3) is 3.73. The van der Waals surface area contributed by atoms with Gasteiger partial charge in [-0.2, -0.15) is 0 Å². The summed E-state index contributed by atoms with van der Waals surface area (Å²) in [4.78, 5) is 23.4. The Morgan fingerprint density at radius 1 is 1.35 bits per heavy atom. The molecule has 0 saturated carbocycles. The lowest BCUT2D eigenvalue weighted by Crippen LogP contribution is -2.01. The summed E-state index contributed by atoms with van der Waals surface area (Å²) in [7, 11) is 1.38. The molecule has 1 N–H and O–H groups in total. The second-order valence-corrected chi connectivity index (χ2v) is 5.73. The van der Waals surface area contributed by atoms with Gasteiger partial charge in [0.1, 0.15) is 10.8 Å². The Morgan fingerprint density at radius 3 is 2.96 bits per heavy atom. The zero-order valence-corrected chi connectivity index (χ0v) is 13.3. The van der Waals surface area contributed by atoms with Gasteiger partial charge in [-0.25, -0.2) is 14.8 Å². The minimum Gasteiger partial charge on any atom is -0.465 e. The van der Waals surface area contributed by atoms with Gasteiger partial charge in [-0.15, -0.1) is 11.3 Å². The molecule has 3 rings (SSSR count). The molecule has 116 valence electrons. The molecule has 0 aliphatic rings. The predicted molar refractivity (Wildman–Crippen MR) is 90.1 cm³/mol. The number of imidazole rings is 1. The third-order valence-electron chi connectivity index (χ3n) is 3.27. The van der Waals surface area contributed by atoms with Crippen LogP contribution in [0.5, 0.6) is 0 Å². The van der Waals surface area contributed by atoms with Crippen LogP contribution in [0.25, 0.3) is 11.6 Å². The molecule has 0 fully saturated rings. The van der Waals surface area contributed by atoms with Crippen LogP contribution in [-0.4, -0.2) is 28.0 Å². The number of aromatic amines is 1. The lowest BCUT2D eigenvalue weighted by molar-refractivity contribution is 0.0600. The first-order chi connectivity index (χ1) is 11.3. The average Bonchev–Trinajstić information content (AvgIpc) is 3.27. The van der Waals surface area contributed by atoms with E-state index in [0.717, 1.165) is 22.0 Å². The van der Waals surface area contributed by atoms with E-state index in [-0.39, 0.29) is 5.97 Å². The quantitative estimate of drug-likeness (QED) is 0.730. The molecule has 2 heterocycles. The molecule has 1 aromatic carbocycles. The lowest BCUT2D eigenvalue weighted by atomic mass is 10.1. The van der Waals surface area contributed by atoms with Crippen LogP contribution in [0.1, 0.15) is 26.8 Å². The number of aromatic nitrogens is 3. The van der Waals surface area contributed by atoms with Gasteiger partial charge in [0, 0.05) is 30.4 Å². The summed E-state index contributed by atoms with van der Waals surface area (Å²) in [6.07, 6.45) is 7.97. The maximum atomic E-state index is 11.7. The van der Waals surface area contributed by atoms with Crippen molar-refractivity contribution in [1.29, 1.82) is 0 Å². The van der Waals surface area contributed by atoms with Crippen LogP contribution < -0.4 is 0 Å². The van der Waals surface area contributed by atoms with Gasteiger partial charge in [0.15, 0.2) is 0 Å². The first-order valence-corrected chi connectivity index (χ1v) is 7.91. The Labute approximate surface area is 137 Å². The number of carbonyl (C=O) groups is 1. The molecular formula is C17H15N3O2S. The molecule has 0 unspecified atom stereocenters. The number of benzene rings is 1. The molecule has 0 bridgehead atoms. The summed E-state index contributed by atoms with van der Waals surface area (Å²) in [6.45, 7) is 0. The SMILES string of the molecule is COC(=O)c1cccc(C=C(Cc2ncc[nH]2)c2nccs2)c1. The van der Waals surface area contributed by atoms with E-state index in [2.05, 4.69) is 15.0 Å². The molecule has 0 radical (unpaired) electrons. The molecule has 5 nitrogen and oxygen atoms in total. The fourth-order valence-corrected chi connectivity index (χ4v) is 2.87. The monoisotopic (exact) mass is 325 g/mol. The number of carbonyl (C=O) groups excluding carboxylic acids is 1. The number of nitrogens with zero attached hydrogens (tertiary/aromatic N) is 2. The van der Waals surface area contributed by atoms with E-state index in [1.807, 2.05) is 29.7 Å². The van der Waals surface area contributed by atoms with E-state index >= 15 is 0 Å². The molecule has 0 aliphatic heterocycles. The van der Waals surface area contributed by atoms with Crippen LogP contribution in [0.3, 0.4) is 0 Å². The number of methoxy groups -OCH3 is 1. The van der Waals surface area contributed by atoms with Crippen LogP contribution in [-0.2, 0) is 11.2 Å². The second kappa shape index (κ2) is 7.02. The highest BCUT2D eigenvalue weighted by atomic mass is 32.1. The molecular weight excluding hydrogens is 310 g/mol. The minimum atomic E-state index is -0.345. The number of rotatable bonds is 5. The van der Waals surface area contributed by atoms with Gasteiger partial charge in [0.25, 0.3) is 0 Å². The summed E-state index contributed by atoms with van der Waals surface area (Å²) in [5, 5.41) is 2.88. The van der Waals surface area contributed by atoms with Gasteiger partial charge in [-0.3, -0.25) is 0 Å². The van der Waals surface area contributed by atoms with Gasteiger partial charge in [0.05, 0.1) is 12.7 Å². The third-order valence-corrected chi connectivity index (χ3v) is 4.12. The smallest absolute Gasteiger partial charge is 0.337 e. The predicted octanol–water partition coefficient (Wildman–Crippen LogP) is 3.44. The van der Waals surface area contributed by atoms with E-state index in [0.29, 0.717) is 12.0 Å². The van der Waals surface area contributed by atoms with Crippen molar-refractivity contribution in [3.05, 3.63) is 70.2 Å². The molecule has 0 aliphatic carbocycles. The van der Waals surface area contributed by atoms with Crippen molar-refractivity contribution >= 4 is 29.0 Å². The Bertz CT molecular complexity index is 808. The standard InChI is InChI=1S/C17H15N3O2S/c1-22-17(21)13-4-2-3-12(9-13)10-14(16-20-7-8-23-16)11-15-18-5-6-19-15/h2-10H,11H2,1H3,(H,18,19). The fourth-order valence-electron chi connectivity index (χ4n) is 2.22. The van der Waals surface area contributed by atoms with Gasteiger partial charge in [0.2, 0.25) is 0 Å². The number of H-pyrrole nitrogens is 1. The van der Waals surface area contributed by atoms with Gasteiger partial charge < -0.3 is 9.72 Å². The van der Waals surface area contributed by atoms with E-state index in [9.17, 15) is 4.79 Å². The molecule has 3 aromatic rings. The molecule has 0 spiro atoms. The van der Waals surface area contributed by atoms with Crippen molar-refractivity contribution < 1.29 is 9.53 Å². The lowest BCUT2D eigenvalue weighted by Gasteiger charge is -2.05. The van der Waals surface area contributed by atoms with Crippen LogP contribution in [0.2, 0.25) is 0 Å². The molecule has 2 aromatic heterocycles. The fraction of sp³-hybridized carbons (Fsp3) is 0.118. The second-order valence-electron chi connectivity index (χ2n) is 4.84. The Morgan fingerprint density at radius 2 is 2.26 bits per heavy atom. The van der Waals surface area contributed by atoms with Gasteiger partial charge in [-0.1, -0.05) is 12.1 Å². The maximum Gasteiger partial charge on any atom is 0.337 e. The zero-order chi connectivity index (χ0) is 16.1. The van der Waals surface area contributed by atoms with E-state index in [4.69, 9.17) is 4.74 Å². The van der Waals surface area contributed by atoms with Crippen LogP contribution in [0, 0.1) is 0 Å². The largest absolute Gasteiger partial charge is 0.465 e. The number of hydrogen-bond acceptors (Lipinski definition) is 5. The average molecular weight is 325 g/mol. The molecule has 0 atom stereocenters. The summed E-state index contributed by atoms with van der Waals surface area (Å²) < 4.78 is 4.77. The normalized spacial score (nSPS) is 11.4. The Balaban J connectivity index is 1.96. The van der Waals surface area contributed by atoms with Gasteiger partial charge in [-0.05, 0) is 29.3 Å². The number of esters is 1. The number of hydrogen-bond donors (Lipinski definition) is 1. The van der Waals surface area contributed by atoms with Crippen molar-refractivity contribution in [3.8, 4) is 0 Å². The minimum absolute atomic E-state index is 0.345. The summed E-state index contributed by atoms with van der Waals surface area (Å²) in [5.74, 6) is 0.526. The Kier molecular flexibility index (Phi) is 4.63. The van der Waals surface area contributed by atoms with E-state index in [1.54, 1.807) is 36.0 Å². The summed E-state index contributed by atoms with van der Waals surface area (Å²) >= 11 is 1.57. The number of allylic oxidation sites excluding steroid dienone is 1. The van der Waals surface area contributed by atoms with Crippen LogP contribution >= 0.6 is 11.3 Å². The maximum absolute atomic E-state index is 11.7. The molecule has 0 amide bonds. The molecule has 0 saturated heterocycles. The molecule has 6 heteroatoms. The first-order valence-electron chi connectivity index (χ1n) is 7.03. The first kappa shape index (κ1) is 15.2. The highest BCUT2D eigenvalue weighted by molar-refractivity contribution is 7.10. The summed E-state index contributed by atoms with van der Waals surface area (Å²) in [6, 6.07) is 7.33. The van der Waals surface area contributed by atoms with Crippen LogP contribution in [0.15, 0.2) is 48.2 Å². The van der Waals surface area contributed by atoms with E-state index < -0.39 is 0 Å². The van der Waals surface area contributed by atoms with Crippen molar-refractivity contribution in [2.24, 2.45) is 0 Å². The van der Waals surface area contributed by atoms with Crippen molar-refractivity contribution in [2.45, 2.75) is 6.42 Å². The highest BCUT2D eigenvalue weighted by Gasteiger charge is 2.09. The van der Waals surface area contributed by atoms with Crippen LogP contribution in [0.4, 0.5) is 0 Å². The molecule has 23 heavy (non-hydrogen) atoms. The number of ether oxygens (including phenoxy) is 1. The number of nitrogens with one attached hydrogen (secondary N) is 1. The van der Waals surface area contributed by atoms with E-state index in [1.165, 1.54) is 7.11 Å². The van der Waals surface area contributed by atoms with Crippen molar-refractivity contribution in [2.75, 3.05) is 7.11 Å². The number of thiazole rings is 1. The Hall–Kier alpha value is -2.73.